The summed E-state index contributed by atoms with van der Waals surface area (Å²) in [4.78, 5) is 13.6. The Morgan fingerprint density at radius 1 is 1.22 bits per heavy atom. The maximum Gasteiger partial charge on any atom is 0.256 e. The van der Waals surface area contributed by atoms with Crippen LogP contribution >= 0.6 is 12.4 Å². The van der Waals surface area contributed by atoms with Crippen LogP contribution in [0.25, 0.3) is 0 Å². The van der Waals surface area contributed by atoms with E-state index in [1.54, 1.807) is 4.90 Å². The number of amides is 1. The molecule has 1 aromatic carbocycles. The summed E-state index contributed by atoms with van der Waals surface area (Å²) in [6.07, 6.45) is 0.822. The predicted molar refractivity (Wildman–Crippen MR) is 67.0 cm³/mol. The maximum absolute atomic E-state index is 13.5. The van der Waals surface area contributed by atoms with E-state index in [9.17, 15) is 13.6 Å². The third kappa shape index (κ3) is 3.17. The highest BCUT2D eigenvalue weighted by atomic mass is 35.5. The molecule has 1 N–H and O–H groups in total. The van der Waals surface area contributed by atoms with E-state index in [-0.39, 0.29) is 18.0 Å². The van der Waals surface area contributed by atoms with Gasteiger partial charge in [0.2, 0.25) is 0 Å². The Morgan fingerprint density at radius 2 is 2.00 bits per heavy atom. The Bertz CT molecular complexity index is 421. The summed E-state index contributed by atoms with van der Waals surface area (Å²) < 4.78 is 26.5. The number of hydrogen-bond acceptors (Lipinski definition) is 2. The molecular weight excluding hydrogens is 262 g/mol. The van der Waals surface area contributed by atoms with E-state index >= 15 is 0 Å². The van der Waals surface area contributed by atoms with Crippen LogP contribution in [-0.4, -0.2) is 37.0 Å². The van der Waals surface area contributed by atoms with Crippen molar-refractivity contribution in [3.63, 3.8) is 0 Å². The van der Waals surface area contributed by atoms with Crippen LogP contribution in [0.4, 0.5) is 8.78 Å². The van der Waals surface area contributed by atoms with Crippen molar-refractivity contribution in [3.8, 4) is 0 Å². The summed E-state index contributed by atoms with van der Waals surface area (Å²) in [5, 5.41) is 3.15. The van der Waals surface area contributed by atoms with E-state index in [0.29, 0.717) is 19.6 Å². The molecule has 1 amide bonds. The van der Waals surface area contributed by atoms with Gasteiger partial charge >= 0.3 is 0 Å². The average Bonchev–Trinajstić information content (AvgIpc) is 2.60. The Hall–Kier alpha value is -1.20. The van der Waals surface area contributed by atoms with Crippen molar-refractivity contribution in [1.29, 1.82) is 0 Å². The summed E-state index contributed by atoms with van der Waals surface area (Å²) in [5.41, 5.74) is -0.188. The lowest BCUT2D eigenvalue weighted by Crippen LogP contribution is -2.34. The van der Waals surface area contributed by atoms with Gasteiger partial charge in [-0.1, -0.05) is 6.07 Å². The van der Waals surface area contributed by atoms with E-state index in [4.69, 9.17) is 0 Å². The van der Waals surface area contributed by atoms with Gasteiger partial charge in [0, 0.05) is 19.6 Å². The van der Waals surface area contributed by atoms with Crippen molar-refractivity contribution in [2.24, 2.45) is 0 Å². The molecule has 100 valence electrons. The molecule has 0 aliphatic carbocycles. The highest BCUT2D eigenvalue weighted by Gasteiger charge is 2.21. The Labute approximate surface area is 111 Å². The molecule has 0 bridgehead atoms. The monoisotopic (exact) mass is 276 g/mol. The molecule has 1 heterocycles. The lowest BCUT2D eigenvalue weighted by atomic mass is 10.1. The highest BCUT2D eigenvalue weighted by molar-refractivity contribution is 5.94. The molecular formula is C12H15ClF2N2O. The molecule has 0 atom stereocenters. The smallest absolute Gasteiger partial charge is 0.256 e. The molecule has 1 saturated heterocycles. The predicted octanol–water partition coefficient (Wildman–Crippen LogP) is 1.82. The van der Waals surface area contributed by atoms with Gasteiger partial charge in [-0.05, 0) is 25.1 Å². The van der Waals surface area contributed by atoms with Crippen molar-refractivity contribution >= 4 is 18.3 Å². The minimum Gasteiger partial charge on any atom is -0.337 e. The lowest BCUT2D eigenvalue weighted by molar-refractivity contribution is 0.0760. The van der Waals surface area contributed by atoms with Crippen LogP contribution in [0.2, 0.25) is 0 Å². The third-order valence-corrected chi connectivity index (χ3v) is 2.81. The Balaban J connectivity index is 0.00000162. The molecule has 1 fully saturated rings. The van der Waals surface area contributed by atoms with Crippen LogP contribution in [0.3, 0.4) is 0 Å². The third-order valence-electron chi connectivity index (χ3n) is 2.81. The number of carbonyl (C=O) groups excluding carboxylic acids is 1. The topological polar surface area (TPSA) is 32.3 Å². The summed E-state index contributed by atoms with van der Waals surface area (Å²) in [7, 11) is 0. The number of rotatable bonds is 1. The second-order valence-electron chi connectivity index (χ2n) is 4.00. The molecule has 2 rings (SSSR count). The first-order chi connectivity index (χ1) is 8.20. The number of carbonyl (C=O) groups is 1. The first-order valence-corrected chi connectivity index (χ1v) is 5.64. The van der Waals surface area contributed by atoms with E-state index in [2.05, 4.69) is 5.32 Å². The van der Waals surface area contributed by atoms with Crippen LogP contribution < -0.4 is 5.32 Å². The van der Waals surface area contributed by atoms with E-state index in [1.165, 1.54) is 12.1 Å². The summed E-state index contributed by atoms with van der Waals surface area (Å²) >= 11 is 0. The SMILES string of the molecule is Cl.O=C(c1cccc(F)c1F)N1CCCNCC1. The largest absolute Gasteiger partial charge is 0.337 e. The molecule has 1 aliphatic heterocycles. The van der Waals surface area contributed by atoms with Crippen LogP contribution in [0.5, 0.6) is 0 Å². The normalized spacial score (nSPS) is 15.8. The van der Waals surface area contributed by atoms with Gasteiger partial charge in [0.05, 0.1) is 5.56 Å². The molecule has 0 unspecified atom stereocenters. The van der Waals surface area contributed by atoms with Crippen LogP contribution in [0.1, 0.15) is 16.8 Å². The van der Waals surface area contributed by atoms with Gasteiger partial charge < -0.3 is 10.2 Å². The number of benzene rings is 1. The average molecular weight is 277 g/mol. The zero-order valence-corrected chi connectivity index (χ0v) is 10.6. The molecule has 0 spiro atoms. The van der Waals surface area contributed by atoms with Crippen molar-refractivity contribution in [2.75, 3.05) is 26.2 Å². The fourth-order valence-electron chi connectivity index (χ4n) is 1.89. The first-order valence-electron chi connectivity index (χ1n) is 5.64. The summed E-state index contributed by atoms with van der Waals surface area (Å²) in [6.45, 7) is 2.62. The Morgan fingerprint density at radius 3 is 2.78 bits per heavy atom. The molecule has 0 radical (unpaired) electrons. The summed E-state index contributed by atoms with van der Waals surface area (Å²) in [6, 6.07) is 3.68. The van der Waals surface area contributed by atoms with Gasteiger partial charge in [-0.3, -0.25) is 4.79 Å². The minimum absolute atomic E-state index is 0. The quantitative estimate of drug-likeness (QED) is 0.849. The Kier molecular flexibility index (Phi) is 5.50. The second kappa shape index (κ2) is 6.66. The van der Waals surface area contributed by atoms with Gasteiger partial charge in [0.25, 0.3) is 5.91 Å². The molecule has 0 saturated carbocycles. The van der Waals surface area contributed by atoms with Crippen molar-refractivity contribution in [3.05, 3.63) is 35.4 Å². The number of nitrogens with one attached hydrogen (secondary N) is 1. The van der Waals surface area contributed by atoms with Crippen molar-refractivity contribution in [1.82, 2.24) is 10.2 Å². The van der Waals surface area contributed by atoms with E-state index < -0.39 is 17.5 Å². The lowest BCUT2D eigenvalue weighted by Gasteiger charge is -2.20. The molecule has 18 heavy (non-hydrogen) atoms. The van der Waals surface area contributed by atoms with E-state index in [0.717, 1.165) is 19.0 Å². The standard InChI is InChI=1S/C12H14F2N2O.ClH/c13-10-4-1-3-9(11(10)14)12(17)16-7-2-5-15-6-8-16;/h1,3-4,15H,2,5-8H2;1H. The zero-order valence-electron chi connectivity index (χ0n) is 9.79. The minimum atomic E-state index is -1.06. The second-order valence-corrected chi connectivity index (χ2v) is 4.00. The fourth-order valence-corrected chi connectivity index (χ4v) is 1.89. The first kappa shape index (κ1) is 14.9. The zero-order chi connectivity index (χ0) is 12.3. The number of hydrogen-bond donors (Lipinski definition) is 1. The van der Waals surface area contributed by atoms with Gasteiger partial charge in [-0.15, -0.1) is 12.4 Å². The van der Waals surface area contributed by atoms with Crippen LogP contribution in [0.15, 0.2) is 18.2 Å². The van der Waals surface area contributed by atoms with E-state index in [1.807, 2.05) is 0 Å². The van der Waals surface area contributed by atoms with Crippen molar-refractivity contribution in [2.45, 2.75) is 6.42 Å². The van der Waals surface area contributed by atoms with Crippen molar-refractivity contribution < 1.29 is 13.6 Å². The molecule has 6 heteroatoms. The molecule has 3 nitrogen and oxygen atoms in total. The number of halogens is 3. The molecule has 1 aromatic rings. The maximum atomic E-state index is 13.5. The van der Waals surface area contributed by atoms with Gasteiger partial charge in [0.1, 0.15) is 0 Å². The van der Waals surface area contributed by atoms with Gasteiger partial charge in [-0.2, -0.15) is 0 Å². The molecule has 0 aromatic heterocycles. The summed E-state index contributed by atoms with van der Waals surface area (Å²) in [5.74, 6) is -2.48. The highest BCUT2D eigenvalue weighted by Crippen LogP contribution is 2.14. The molecule has 1 aliphatic rings. The van der Waals surface area contributed by atoms with Crippen LogP contribution in [-0.2, 0) is 0 Å². The van der Waals surface area contributed by atoms with Gasteiger partial charge in [-0.25, -0.2) is 8.78 Å². The van der Waals surface area contributed by atoms with Crippen LogP contribution in [0, 0.1) is 11.6 Å². The number of nitrogens with zero attached hydrogens (tertiary/aromatic N) is 1. The fraction of sp³-hybridized carbons (Fsp3) is 0.417. The van der Waals surface area contributed by atoms with Gasteiger partial charge in [0.15, 0.2) is 11.6 Å².